The molecule has 0 aromatic carbocycles. The zero-order chi connectivity index (χ0) is 12.8. The summed E-state index contributed by atoms with van der Waals surface area (Å²) in [5.74, 6) is 2.72. The molecular weight excluding hydrogens is 246 g/mol. The van der Waals surface area contributed by atoms with E-state index in [4.69, 9.17) is 5.73 Å². The van der Waals surface area contributed by atoms with Gasteiger partial charge in [-0.05, 0) is 31.6 Å². The maximum Gasteiger partial charge on any atom is 0.224 e. The maximum absolute atomic E-state index is 12.2. The second-order valence-electron chi connectivity index (χ2n) is 5.18. The fraction of sp³-hybridized carbons (Fsp3) is 0.923. The maximum atomic E-state index is 12.2. The Bertz CT molecular complexity index is 261. The van der Waals surface area contributed by atoms with Gasteiger partial charge in [0.05, 0.1) is 0 Å². The quantitative estimate of drug-likeness (QED) is 0.820. The molecule has 0 aromatic heterocycles. The van der Waals surface area contributed by atoms with Gasteiger partial charge in [0.15, 0.2) is 0 Å². The van der Waals surface area contributed by atoms with Crippen LogP contribution in [-0.2, 0) is 4.79 Å². The predicted octanol–water partition coefficient (Wildman–Crippen LogP) is 0.765. The van der Waals surface area contributed by atoms with Crippen LogP contribution in [0.5, 0.6) is 0 Å². The standard InChI is InChI=1S/C13H25N3OS/c14-11-12(15-6-3-8-18-9-7-15)10-13(17)16-4-1-2-5-16/h12H,1-11,14H2. The van der Waals surface area contributed by atoms with Crippen molar-refractivity contribution in [2.24, 2.45) is 5.73 Å². The molecule has 0 saturated carbocycles. The second kappa shape index (κ2) is 7.36. The minimum atomic E-state index is 0.247. The van der Waals surface area contributed by atoms with E-state index in [1.54, 1.807) is 0 Å². The van der Waals surface area contributed by atoms with E-state index in [0.29, 0.717) is 18.9 Å². The van der Waals surface area contributed by atoms with E-state index in [1.165, 1.54) is 30.8 Å². The van der Waals surface area contributed by atoms with Gasteiger partial charge in [-0.1, -0.05) is 0 Å². The Hall–Kier alpha value is -0.260. The van der Waals surface area contributed by atoms with Gasteiger partial charge < -0.3 is 10.6 Å². The van der Waals surface area contributed by atoms with E-state index in [1.807, 2.05) is 16.7 Å². The van der Waals surface area contributed by atoms with Crippen LogP contribution in [0.15, 0.2) is 0 Å². The van der Waals surface area contributed by atoms with Gasteiger partial charge in [-0.15, -0.1) is 0 Å². The van der Waals surface area contributed by atoms with Crippen LogP contribution in [0.1, 0.15) is 25.7 Å². The van der Waals surface area contributed by atoms with Crippen LogP contribution in [0.3, 0.4) is 0 Å². The van der Waals surface area contributed by atoms with Crippen molar-refractivity contribution in [3.8, 4) is 0 Å². The number of hydrogen-bond acceptors (Lipinski definition) is 4. The SMILES string of the molecule is NCC(CC(=O)N1CCCC1)N1CCCSCC1. The fourth-order valence-electron chi connectivity index (χ4n) is 2.79. The van der Waals surface area contributed by atoms with E-state index >= 15 is 0 Å². The van der Waals surface area contributed by atoms with Gasteiger partial charge in [0, 0.05) is 44.4 Å². The molecule has 0 aromatic rings. The highest BCUT2D eigenvalue weighted by Crippen LogP contribution is 2.16. The highest BCUT2D eigenvalue weighted by atomic mass is 32.2. The number of amides is 1. The number of carbonyl (C=O) groups excluding carboxylic acids is 1. The molecule has 1 atom stereocenters. The number of thioether (sulfide) groups is 1. The van der Waals surface area contributed by atoms with Crippen LogP contribution in [0.25, 0.3) is 0 Å². The molecule has 4 nitrogen and oxygen atoms in total. The van der Waals surface area contributed by atoms with Gasteiger partial charge in [0.25, 0.3) is 0 Å². The molecule has 2 rings (SSSR count). The molecule has 18 heavy (non-hydrogen) atoms. The van der Waals surface area contributed by atoms with Gasteiger partial charge >= 0.3 is 0 Å². The van der Waals surface area contributed by atoms with Crippen LogP contribution in [0.4, 0.5) is 0 Å². The van der Waals surface area contributed by atoms with E-state index in [-0.39, 0.29) is 6.04 Å². The van der Waals surface area contributed by atoms with Crippen LogP contribution < -0.4 is 5.73 Å². The summed E-state index contributed by atoms with van der Waals surface area (Å²) in [6, 6.07) is 0.247. The number of nitrogens with zero attached hydrogens (tertiary/aromatic N) is 2. The summed E-state index contributed by atoms with van der Waals surface area (Å²) in [5.41, 5.74) is 5.88. The van der Waals surface area contributed by atoms with E-state index in [0.717, 1.165) is 26.2 Å². The minimum Gasteiger partial charge on any atom is -0.343 e. The summed E-state index contributed by atoms with van der Waals surface area (Å²) in [7, 11) is 0. The van der Waals surface area contributed by atoms with Gasteiger partial charge in [0.1, 0.15) is 0 Å². The molecule has 2 aliphatic heterocycles. The van der Waals surface area contributed by atoms with E-state index in [2.05, 4.69) is 4.90 Å². The summed E-state index contributed by atoms with van der Waals surface area (Å²) in [6.07, 6.45) is 4.17. The average Bonchev–Trinajstić information content (AvgIpc) is 2.79. The second-order valence-corrected chi connectivity index (χ2v) is 6.41. The van der Waals surface area contributed by atoms with Gasteiger partial charge in [-0.2, -0.15) is 11.8 Å². The Labute approximate surface area is 114 Å². The van der Waals surface area contributed by atoms with Crippen molar-refractivity contribution in [3.63, 3.8) is 0 Å². The zero-order valence-electron chi connectivity index (χ0n) is 11.1. The molecule has 5 heteroatoms. The summed E-state index contributed by atoms with van der Waals surface area (Å²) in [4.78, 5) is 16.6. The predicted molar refractivity (Wildman–Crippen MR) is 76.8 cm³/mol. The van der Waals surface area contributed by atoms with Gasteiger partial charge in [-0.3, -0.25) is 9.69 Å². The van der Waals surface area contributed by atoms with Crippen molar-refractivity contribution in [1.29, 1.82) is 0 Å². The number of hydrogen-bond donors (Lipinski definition) is 1. The van der Waals surface area contributed by atoms with Crippen molar-refractivity contribution in [2.75, 3.05) is 44.2 Å². The topological polar surface area (TPSA) is 49.6 Å². The molecule has 104 valence electrons. The Morgan fingerprint density at radius 1 is 1.11 bits per heavy atom. The lowest BCUT2D eigenvalue weighted by molar-refractivity contribution is -0.131. The summed E-state index contributed by atoms with van der Waals surface area (Å²) in [5, 5.41) is 0. The average molecular weight is 271 g/mol. The normalized spacial score (nSPS) is 23.9. The van der Waals surface area contributed by atoms with Crippen LogP contribution >= 0.6 is 11.8 Å². The minimum absolute atomic E-state index is 0.247. The van der Waals surface area contributed by atoms with Crippen molar-refractivity contribution < 1.29 is 4.79 Å². The van der Waals surface area contributed by atoms with Crippen LogP contribution in [0, 0.1) is 0 Å². The smallest absolute Gasteiger partial charge is 0.224 e. The Morgan fingerprint density at radius 3 is 2.61 bits per heavy atom. The molecule has 2 heterocycles. The summed E-state index contributed by atoms with van der Waals surface area (Å²) >= 11 is 2.01. The first-order chi connectivity index (χ1) is 8.81. The molecule has 0 bridgehead atoms. The third-order valence-corrected chi connectivity index (χ3v) is 4.96. The van der Waals surface area contributed by atoms with E-state index < -0.39 is 0 Å². The first-order valence-corrected chi connectivity index (χ1v) is 8.26. The lowest BCUT2D eigenvalue weighted by Gasteiger charge is -2.30. The molecule has 1 amide bonds. The van der Waals surface area contributed by atoms with Gasteiger partial charge in [0.2, 0.25) is 5.91 Å². The Balaban J connectivity index is 1.84. The Kier molecular flexibility index (Phi) is 5.79. The van der Waals surface area contributed by atoms with Crippen LogP contribution in [-0.4, -0.2) is 66.0 Å². The van der Waals surface area contributed by atoms with Crippen molar-refractivity contribution in [3.05, 3.63) is 0 Å². The summed E-state index contributed by atoms with van der Waals surface area (Å²) < 4.78 is 0. The number of rotatable bonds is 4. The largest absolute Gasteiger partial charge is 0.343 e. The van der Waals surface area contributed by atoms with Gasteiger partial charge in [-0.25, -0.2) is 0 Å². The molecule has 2 aliphatic rings. The van der Waals surface area contributed by atoms with Crippen LogP contribution in [0.2, 0.25) is 0 Å². The third-order valence-electron chi connectivity index (χ3n) is 3.91. The molecule has 0 radical (unpaired) electrons. The highest BCUT2D eigenvalue weighted by molar-refractivity contribution is 7.99. The first-order valence-electron chi connectivity index (χ1n) is 7.11. The molecule has 0 aliphatic carbocycles. The first kappa shape index (κ1) is 14.2. The lowest BCUT2D eigenvalue weighted by Crippen LogP contribution is -2.45. The molecule has 2 saturated heterocycles. The van der Waals surface area contributed by atoms with Crippen molar-refractivity contribution in [1.82, 2.24) is 9.80 Å². The summed E-state index contributed by atoms with van der Waals surface area (Å²) in [6.45, 7) is 4.68. The Morgan fingerprint density at radius 2 is 1.89 bits per heavy atom. The molecule has 1 unspecified atom stereocenters. The highest BCUT2D eigenvalue weighted by Gasteiger charge is 2.25. The number of carbonyl (C=O) groups is 1. The lowest BCUT2D eigenvalue weighted by atomic mass is 10.1. The molecular formula is C13H25N3OS. The molecule has 2 N–H and O–H groups in total. The number of nitrogens with two attached hydrogens (primary N) is 1. The zero-order valence-corrected chi connectivity index (χ0v) is 12.0. The third kappa shape index (κ3) is 3.87. The van der Waals surface area contributed by atoms with Crippen molar-refractivity contribution >= 4 is 17.7 Å². The number of likely N-dealkylation sites (tertiary alicyclic amines) is 1. The fourth-order valence-corrected chi connectivity index (χ4v) is 3.69. The monoisotopic (exact) mass is 271 g/mol. The van der Waals surface area contributed by atoms with E-state index in [9.17, 15) is 4.79 Å². The van der Waals surface area contributed by atoms with Crippen molar-refractivity contribution in [2.45, 2.75) is 31.7 Å². The molecule has 2 fully saturated rings. The molecule has 0 spiro atoms.